The molecule has 0 unspecified atom stereocenters. The van der Waals surface area contributed by atoms with Crippen molar-refractivity contribution < 1.29 is 9.13 Å². The Morgan fingerprint density at radius 3 is 2.58 bits per heavy atom. The summed E-state index contributed by atoms with van der Waals surface area (Å²) in [6.07, 6.45) is 1.54. The SMILES string of the molecule is CC(C)(C)n1ncc2c(=O)[nH]c(NCc3ccc(OCc4ccccc4F)cc3)nc21. The number of fused-ring (bicyclic) bond motifs is 1. The minimum absolute atomic E-state index is 0.164. The molecule has 0 amide bonds. The number of hydrogen-bond donors (Lipinski definition) is 2. The van der Waals surface area contributed by atoms with Gasteiger partial charge in [-0.1, -0.05) is 30.3 Å². The predicted octanol–water partition coefficient (Wildman–Crippen LogP) is 4.20. The summed E-state index contributed by atoms with van der Waals surface area (Å²) in [5.74, 6) is 0.743. The first-order valence-corrected chi connectivity index (χ1v) is 9.99. The summed E-state index contributed by atoms with van der Waals surface area (Å²) in [5.41, 5.74) is 1.49. The number of aromatic nitrogens is 4. The number of hydrogen-bond acceptors (Lipinski definition) is 5. The van der Waals surface area contributed by atoms with Crippen molar-refractivity contribution in [2.75, 3.05) is 5.32 Å². The molecule has 2 N–H and O–H groups in total. The Morgan fingerprint density at radius 2 is 1.87 bits per heavy atom. The van der Waals surface area contributed by atoms with Crippen molar-refractivity contribution in [1.29, 1.82) is 0 Å². The average Bonchev–Trinajstić information content (AvgIpc) is 3.18. The molecule has 0 aliphatic heterocycles. The number of anilines is 1. The van der Waals surface area contributed by atoms with Crippen molar-refractivity contribution in [3.05, 3.63) is 82.0 Å². The lowest BCUT2D eigenvalue weighted by molar-refractivity contribution is 0.300. The summed E-state index contributed by atoms with van der Waals surface area (Å²) < 4.78 is 21.1. The highest BCUT2D eigenvalue weighted by Gasteiger charge is 2.19. The van der Waals surface area contributed by atoms with Crippen LogP contribution in [0.4, 0.5) is 10.3 Å². The highest BCUT2D eigenvalue weighted by atomic mass is 19.1. The third-order valence-corrected chi connectivity index (χ3v) is 4.81. The second-order valence-electron chi connectivity index (χ2n) is 8.26. The van der Waals surface area contributed by atoms with Gasteiger partial charge in [0.05, 0.1) is 11.7 Å². The van der Waals surface area contributed by atoms with Gasteiger partial charge in [-0.15, -0.1) is 0 Å². The summed E-state index contributed by atoms with van der Waals surface area (Å²) >= 11 is 0. The Morgan fingerprint density at radius 1 is 1.13 bits per heavy atom. The standard InChI is InChI=1S/C23H24FN5O2/c1-23(2,3)29-20-18(13-26-29)21(30)28-22(27-20)25-12-15-8-10-17(11-9-15)31-14-16-6-4-5-7-19(16)24/h4-11,13H,12,14H2,1-3H3,(H2,25,27,28,30). The van der Waals surface area contributed by atoms with Crippen LogP contribution in [0.5, 0.6) is 5.75 Å². The summed E-state index contributed by atoms with van der Waals surface area (Å²) in [5, 5.41) is 7.91. The number of aromatic amines is 1. The number of rotatable bonds is 6. The first kappa shape index (κ1) is 20.6. The van der Waals surface area contributed by atoms with Gasteiger partial charge in [0.2, 0.25) is 5.95 Å². The molecule has 0 radical (unpaired) electrons. The van der Waals surface area contributed by atoms with Crippen LogP contribution in [0.2, 0.25) is 0 Å². The summed E-state index contributed by atoms with van der Waals surface area (Å²) in [6.45, 7) is 6.64. The van der Waals surface area contributed by atoms with Crippen LogP contribution in [-0.4, -0.2) is 19.7 Å². The van der Waals surface area contributed by atoms with E-state index in [0.29, 0.717) is 34.8 Å². The van der Waals surface area contributed by atoms with E-state index in [9.17, 15) is 9.18 Å². The fraction of sp³-hybridized carbons (Fsp3) is 0.261. The van der Waals surface area contributed by atoms with Crippen LogP contribution in [0.1, 0.15) is 31.9 Å². The van der Waals surface area contributed by atoms with Gasteiger partial charge < -0.3 is 10.1 Å². The van der Waals surface area contributed by atoms with Gasteiger partial charge in [0, 0.05) is 12.1 Å². The fourth-order valence-electron chi connectivity index (χ4n) is 3.16. The van der Waals surface area contributed by atoms with E-state index < -0.39 is 0 Å². The Balaban J connectivity index is 1.43. The number of nitrogens with one attached hydrogen (secondary N) is 2. The average molecular weight is 421 g/mol. The Kier molecular flexibility index (Phi) is 5.46. The number of nitrogens with zero attached hydrogens (tertiary/aromatic N) is 3. The number of H-pyrrole nitrogens is 1. The summed E-state index contributed by atoms with van der Waals surface area (Å²) in [4.78, 5) is 19.7. The van der Waals surface area contributed by atoms with Crippen molar-refractivity contribution in [3.63, 3.8) is 0 Å². The monoisotopic (exact) mass is 421 g/mol. The molecule has 8 heteroatoms. The van der Waals surface area contributed by atoms with Crippen LogP contribution in [0.15, 0.2) is 59.5 Å². The van der Waals surface area contributed by atoms with Gasteiger partial charge >= 0.3 is 0 Å². The molecule has 7 nitrogen and oxygen atoms in total. The van der Waals surface area contributed by atoms with Gasteiger partial charge in [-0.25, -0.2) is 9.07 Å². The van der Waals surface area contributed by atoms with Gasteiger partial charge in [0.25, 0.3) is 5.56 Å². The summed E-state index contributed by atoms with van der Waals surface area (Å²) in [7, 11) is 0. The predicted molar refractivity (Wildman–Crippen MR) is 118 cm³/mol. The molecule has 0 saturated carbocycles. The first-order valence-electron chi connectivity index (χ1n) is 9.99. The molecule has 0 atom stereocenters. The molecular weight excluding hydrogens is 397 g/mol. The minimum atomic E-state index is -0.293. The number of ether oxygens (including phenoxy) is 1. The van der Waals surface area contributed by atoms with Crippen molar-refractivity contribution in [3.8, 4) is 5.75 Å². The highest BCUT2D eigenvalue weighted by molar-refractivity contribution is 5.74. The maximum atomic E-state index is 13.7. The zero-order valence-corrected chi connectivity index (χ0v) is 17.6. The second kappa shape index (κ2) is 8.22. The lowest BCUT2D eigenvalue weighted by Gasteiger charge is -2.19. The molecule has 2 aromatic heterocycles. The molecule has 0 aliphatic carbocycles. The molecule has 4 rings (SSSR count). The van der Waals surface area contributed by atoms with Crippen LogP contribution in [0, 0.1) is 5.82 Å². The molecule has 31 heavy (non-hydrogen) atoms. The molecule has 4 aromatic rings. The third kappa shape index (κ3) is 4.58. The number of halogens is 1. The lowest BCUT2D eigenvalue weighted by Crippen LogP contribution is -2.24. The smallest absolute Gasteiger partial charge is 0.263 e. The molecule has 160 valence electrons. The minimum Gasteiger partial charge on any atom is -0.489 e. The highest BCUT2D eigenvalue weighted by Crippen LogP contribution is 2.19. The van der Waals surface area contributed by atoms with Gasteiger partial charge in [0.1, 0.15) is 23.6 Å². The first-order chi connectivity index (χ1) is 14.8. The second-order valence-corrected chi connectivity index (χ2v) is 8.26. The van der Waals surface area contributed by atoms with Crippen LogP contribution >= 0.6 is 0 Å². The largest absolute Gasteiger partial charge is 0.489 e. The molecule has 0 aliphatic rings. The molecule has 0 fully saturated rings. The van der Waals surface area contributed by atoms with Crippen LogP contribution in [0.25, 0.3) is 11.0 Å². The van der Waals surface area contributed by atoms with Gasteiger partial charge in [-0.2, -0.15) is 10.1 Å². The van der Waals surface area contributed by atoms with Gasteiger partial charge in [0.15, 0.2) is 5.65 Å². The van der Waals surface area contributed by atoms with Crippen LogP contribution < -0.4 is 15.6 Å². The summed E-state index contributed by atoms with van der Waals surface area (Å²) in [6, 6.07) is 14.0. The molecule has 2 heterocycles. The van der Waals surface area contributed by atoms with Gasteiger partial charge in [-0.3, -0.25) is 9.78 Å². The lowest BCUT2D eigenvalue weighted by atomic mass is 10.1. The van der Waals surface area contributed by atoms with E-state index in [2.05, 4.69) is 20.4 Å². The number of benzene rings is 2. The Hall–Kier alpha value is -3.68. The van der Waals surface area contributed by atoms with Crippen molar-refractivity contribution in [2.45, 2.75) is 39.5 Å². The maximum absolute atomic E-state index is 13.7. The van der Waals surface area contributed by atoms with Crippen LogP contribution in [-0.2, 0) is 18.7 Å². The zero-order valence-electron chi connectivity index (χ0n) is 17.6. The van der Waals surface area contributed by atoms with E-state index in [1.165, 1.54) is 12.3 Å². The Bertz CT molecular complexity index is 1260. The van der Waals surface area contributed by atoms with E-state index in [1.54, 1.807) is 22.9 Å². The molecule has 0 saturated heterocycles. The van der Waals surface area contributed by atoms with E-state index in [-0.39, 0.29) is 23.5 Å². The third-order valence-electron chi connectivity index (χ3n) is 4.81. The van der Waals surface area contributed by atoms with E-state index in [0.717, 1.165) is 5.56 Å². The normalized spacial score (nSPS) is 11.6. The molecule has 0 spiro atoms. The quantitative estimate of drug-likeness (QED) is 0.487. The van der Waals surface area contributed by atoms with E-state index in [1.807, 2.05) is 45.0 Å². The zero-order chi connectivity index (χ0) is 22.0. The van der Waals surface area contributed by atoms with E-state index >= 15 is 0 Å². The molecule has 0 bridgehead atoms. The molecule has 2 aromatic carbocycles. The van der Waals surface area contributed by atoms with E-state index in [4.69, 9.17) is 4.74 Å². The fourth-order valence-corrected chi connectivity index (χ4v) is 3.16. The van der Waals surface area contributed by atoms with Gasteiger partial charge in [-0.05, 0) is 44.5 Å². The van der Waals surface area contributed by atoms with Crippen LogP contribution in [0.3, 0.4) is 0 Å². The topological polar surface area (TPSA) is 84.8 Å². The molecular formula is C23H24FN5O2. The van der Waals surface area contributed by atoms with Crippen molar-refractivity contribution in [2.24, 2.45) is 0 Å². The van der Waals surface area contributed by atoms with Crippen molar-refractivity contribution >= 4 is 17.0 Å². The maximum Gasteiger partial charge on any atom is 0.263 e. The Labute approximate surface area is 178 Å². The van der Waals surface area contributed by atoms with Crippen molar-refractivity contribution in [1.82, 2.24) is 19.7 Å².